The maximum Gasteiger partial charge on any atom is 0.490 e. The molecule has 242 valence electrons. The number of fused-ring (bicyclic) bond motifs is 1. The van der Waals surface area contributed by atoms with Gasteiger partial charge in [0.1, 0.15) is 11.6 Å². The summed E-state index contributed by atoms with van der Waals surface area (Å²) < 4.78 is 93.5. The molecule has 1 aliphatic carbocycles. The van der Waals surface area contributed by atoms with Gasteiger partial charge in [-0.2, -0.15) is 36.0 Å². The smallest absolute Gasteiger partial charge is 0.475 e. The zero-order valence-corrected chi connectivity index (χ0v) is 22.8. The molecule has 1 aliphatic rings. The molecule has 0 saturated heterocycles. The maximum atomic E-state index is 14.3. The molecule has 10 nitrogen and oxygen atoms in total. The zero-order valence-electron chi connectivity index (χ0n) is 22.8. The Balaban J connectivity index is 0.000000331. The summed E-state index contributed by atoms with van der Waals surface area (Å²) in [6.07, 6.45) is -0.824. The lowest BCUT2D eigenvalue weighted by Crippen LogP contribution is -2.27. The van der Waals surface area contributed by atoms with E-state index in [1.165, 1.54) is 18.2 Å². The van der Waals surface area contributed by atoms with E-state index in [4.69, 9.17) is 25.5 Å². The number of carboxylic acids is 2. The van der Waals surface area contributed by atoms with Gasteiger partial charge < -0.3 is 21.3 Å². The van der Waals surface area contributed by atoms with E-state index in [-0.39, 0.29) is 17.3 Å². The number of aliphatic carboxylic acids is 2. The first kappa shape index (κ1) is 34.6. The van der Waals surface area contributed by atoms with Crippen LogP contribution in [0.4, 0.5) is 46.8 Å². The number of carboxylic acid groups (broad SMARTS) is 2. The fourth-order valence-electron chi connectivity index (χ4n) is 4.34. The fraction of sp³-hybridized carbons (Fsp3) is 0.296. The molecular formula is C27H24F8N6O4. The SMILES string of the molecule is N[C@H]1CCC[C@@H](c2ccncc2Nc2ncc3ccc(-c4c(F)cccc4F)nn23)C1.O=C(O)C(F)(F)F.O=C(O)C(F)(F)F. The number of anilines is 2. The number of imidazole rings is 1. The molecule has 3 aromatic heterocycles. The summed E-state index contributed by atoms with van der Waals surface area (Å²) in [5, 5.41) is 22.0. The lowest BCUT2D eigenvalue weighted by atomic mass is 9.81. The van der Waals surface area contributed by atoms with Crippen LogP contribution in [0, 0.1) is 11.6 Å². The number of carbonyl (C=O) groups is 2. The molecule has 3 heterocycles. The Bertz CT molecular complexity index is 1600. The van der Waals surface area contributed by atoms with Crippen LogP contribution < -0.4 is 11.1 Å². The van der Waals surface area contributed by atoms with E-state index >= 15 is 0 Å². The van der Waals surface area contributed by atoms with Crippen molar-refractivity contribution in [3.05, 3.63) is 72.2 Å². The third-order valence-corrected chi connectivity index (χ3v) is 6.34. The number of nitrogens with one attached hydrogen (secondary N) is 1. The number of benzene rings is 1. The Kier molecular flexibility index (Phi) is 11.0. The van der Waals surface area contributed by atoms with Crippen molar-refractivity contribution in [2.24, 2.45) is 5.73 Å². The molecule has 2 atom stereocenters. The number of halogens is 8. The first-order valence-electron chi connectivity index (χ1n) is 12.8. The van der Waals surface area contributed by atoms with Gasteiger partial charge >= 0.3 is 24.3 Å². The van der Waals surface area contributed by atoms with Gasteiger partial charge in [-0.25, -0.2) is 23.4 Å². The summed E-state index contributed by atoms with van der Waals surface area (Å²) in [6, 6.07) is 9.29. The number of hydrogen-bond acceptors (Lipinski definition) is 7. The first-order chi connectivity index (χ1) is 21.0. The molecule has 5 rings (SSSR count). The van der Waals surface area contributed by atoms with Gasteiger partial charge in [-0.15, -0.1) is 0 Å². The second kappa shape index (κ2) is 14.3. The molecular weight excluding hydrogens is 624 g/mol. The average Bonchev–Trinajstić information content (AvgIpc) is 3.35. The Morgan fingerprint density at radius 2 is 1.51 bits per heavy atom. The Hall–Kier alpha value is -4.87. The summed E-state index contributed by atoms with van der Waals surface area (Å²) in [5.41, 5.74) is 8.89. The van der Waals surface area contributed by atoms with E-state index in [0.29, 0.717) is 17.4 Å². The monoisotopic (exact) mass is 648 g/mol. The van der Waals surface area contributed by atoms with Crippen LogP contribution in [0.3, 0.4) is 0 Å². The molecule has 0 radical (unpaired) electrons. The summed E-state index contributed by atoms with van der Waals surface area (Å²) >= 11 is 0. The topological polar surface area (TPSA) is 156 Å². The Morgan fingerprint density at radius 3 is 2.07 bits per heavy atom. The first-order valence-corrected chi connectivity index (χ1v) is 12.8. The predicted molar refractivity (Wildman–Crippen MR) is 142 cm³/mol. The van der Waals surface area contributed by atoms with Crippen molar-refractivity contribution < 1.29 is 54.9 Å². The van der Waals surface area contributed by atoms with Crippen molar-refractivity contribution in [1.82, 2.24) is 19.6 Å². The van der Waals surface area contributed by atoms with Crippen molar-refractivity contribution in [2.45, 2.75) is 50.0 Å². The predicted octanol–water partition coefficient (Wildman–Crippen LogP) is 6.06. The van der Waals surface area contributed by atoms with E-state index in [2.05, 4.69) is 20.4 Å². The summed E-state index contributed by atoms with van der Waals surface area (Å²) in [6.45, 7) is 0. The van der Waals surface area contributed by atoms with Crippen LogP contribution in [0.2, 0.25) is 0 Å². The molecule has 1 aromatic carbocycles. The van der Waals surface area contributed by atoms with Gasteiger partial charge in [-0.05, 0) is 61.1 Å². The Morgan fingerprint density at radius 1 is 0.911 bits per heavy atom. The van der Waals surface area contributed by atoms with Crippen molar-refractivity contribution in [2.75, 3.05) is 5.32 Å². The second-order valence-electron chi connectivity index (χ2n) is 9.55. The molecule has 0 bridgehead atoms. The highest BCUT2D eigenvalue weighted by Gasteiger charge is 2.39. The molecule has 0 spiro atoms. The van der Waals surface area contributed by atoms with Gasteiger partial charge in [0.25, 0.3) is 0 Å². The van der Waals surface area contributed by atoms with Gasteiger partial charge in [-0.1, -0.05) is 12.5 Å². The minimum Gasteiger partial charge on any atom is -0.475 e. The molecule has 0 amide bonds. The summed E-state index contributed by atoms with van der Waals surface area (Å²) in [4.78, 5) is 26.5. The van der Waals surface area contributed by atoms with Crippen molar-refractivity contribution >= 4 is 29.1 Å². The summed E-state index contributed by atoms with van der Waals surface area (Å²) in [7, 11) is 0. The molecule has 18 heteroatoms. The number of aromatic nitrogens is 4. The lowest BCUT2D eigenvalue weighted by molar-refractivity contribution is -0.193. The van der Waals surface area contributed by atoms with E-state index < -0.39 is 35.9 Å². The van der Waals surface area contributed by atoms with Gasteiger partial charge in [0, 0.05) is 12.2 Å². The van der Waals surface area contributed by atoms with Crippen molar-refractivity contribution in [1.29, 1.82) is 0 Å². The standard InChI is InChI=1S/C23H22F2N6.2C2HF3O2/c24-18-5-2-6-19(25)22(18)20-8-7-16-12-28-23(31(16)30-20)29-21-13-27-10-9-17(21)14-3-1-4-15(26)11-14;2*3-2(4,5)1(6)7/h2,5-10,12-15H,1,3-4,11,26H2,(H,28,29);2*(H,6,7)/t14-,15+;;/m1../s1. The van der Waals surface area contributed by atoms with E-state index in [9.17, 15) is 35.1 Å². The molecule has 1 fully saturated rings. The van der Waals surface area contributed by atoms with Crippen LogP contribution in [0.15, 0.2) is 55.0 Å². The van der Waals surface area contributed by atoms with Crippen LogP contribution in [0.5, 0.6) is 0 Å². The number of alkyl halides is 6. The van der Waals surface area contributed by atoms with Crippen LogP contribution >= 0.6 is 0 Å². The van der Waals surface area contributed by atoms with Crippen LogP contribution in [0.25, 0.3) is 16.8 Å². The van der Waals surface area contributed by atoms with Gasteiger partial charge in [0.15, 0.2) is 0 Å². The van der Waals surface area contributed by atoms with Crippen molar-refractivity contribution in [3.63, 3.8) is 0 Å². The third-order valence-electron chi connectivity index (χ3n) is 6.34. The highest BCUT2D eigenvalue weighted by atomic mass is 19.4. The highest BCUT2D eigenvalue weighted by molar-refractivity contribution is 5.73. The molecule has 0 unspecified atom stereocenters. The van der Waals surface area contributed by atoms with Gasteiger partial charge in [0.2, 0.25) is 5.95 Å². The molecule has 45 heavy (non-hydrogen) atoms. The van der Waals surface area contributed by atoms with Gasteiger partial charge in [0.05, 0.1) is 34.9 Å². The number of nitrogens with zero attached hydrogens (tertiary/aromatic N) is 4. The number of rotatable bonds is 4. The maximum absolute atomic E-state index is 14.3. The van der Waals surface area contributed by atoms with E-state index in [1.807, 2.05) is 6.07 Å². The molecule has 0 aliphatic heterocycles. The zero-order chi connectivity index (χ0) is 33.5. The lowest BCUT2D eigenvalue weighted by Gasteiger charge is -2.28. The number of nitrogens with two attached hydrogens (primary N) is 1. The number of hydrogen-bond donors (Lipinski definition) is 4. The molecule has 4 aromatic rings. The molecule has 5 N–H and O–H groups in total. The van der Waals surface area contributed by atoms with Crippen molar-refractivity contribution in [3.8, 4) is 11.3 Å². The average molecular weight is 649 g/mol. The fourth-order valence-corrected chi connectivity index (χ4v) is 4.34. The van der Waals surface area contributed by atoms with E-state index in [0.717, 1.165) is 36.9 Å². The Labute approximate surface area is 248 Å². The number of pyridine rings is 1. The minimum absolute atomic E-state index is 0.165. The second-order valence-corrected chi connectivity index (χ2v) is 9.55. The quantitative estimate of drug-likeness (QED) is 0.193. The summed E-state index contributed by atoms with van der Waals surface area (Å²) in [5.74, 6) is -6.05. The normalized spacial score (nSPS) is 16.6. The largest absolute Gasteiger partial charge is 0.490 e. The minimum atomic E-state index is -5.08. The van der Waals surface area contributed by atoms with E-state index in [1.54, 1.807) is 35.2 Å². The van der Waals surface area contributed by atoms with Crippen LogP contribution in [0.1, 0.15) is 37.2 Å². The van der Waals surface area contributed by atoms with Crippen LogP contribution in [-0.2, 0) is 9.59 Å². The van der Waals surface area contributed by atoms with Crippen LogP contribution in [-0.4, -0.2) is 60.1 Å². The highest BCUT2D eigenvalue weighted by Crippen LogP contribution is 2.36. The van der Waals surface area contributed by atoms with Gasteiger partial charge in [-0.3, -0.25) is 4.98 Å². The third kappa shape index (κ3) is 9.31. The molecule has 1 saturated carbocycles.